The quantitative estimate of drug-likeness (QED) is 0.557. The van der Waals surface area contributed by atoms with Crippen LogP contribution in [0.2, 0.25) is 0 Å². The second kappa shape index (κ2) is 7.64. The molecule has 0 radical (unpaired) electrons. The van der Waals surface area contributed by atoms with Crippen molar-refractivity contribution in [2.45, 2.75) is 39.2 Å². The predicted molar refractivity (Wildman–Crippen MR) is 78.6 cm³/mol. The molecule has 7 heteroatoms. The maximum absolute atomic E-state index is 10.8. The van der Waals surface area contributed by atoms with Crippen molar-refractivity contribution >= 4 is 17.5 Å². The number of nitrogens with two attached hydrogens (primary N) is 1. The van der Waals surface area contributed by atoms with Crippen LogP contribution in [-0.2, 0) is 4.79 Å². The van der Waals surface area contributed by atoms with Gasteiger partial charge < -0.3 is 21.5 Å². The molecule has 112 valence electrons. The molecule has 0 fully saturated rings. The molecule has 1 amide bonds. The third kappa shape index (κ3) is 4.34. The van der Waals surface area contributed by atoms with Crippen molar-refractivity contribution in [3.63, 3.8) is 0 Å². The highest BCUT2D eigenvalue weighted by Gasteiger charge is 2.17. The average molecular weight is 281 g/mol. The molecule has 1 heterocycles. The van der Waals surface area contributed by atoms with E-state index in [1.807, 2.05) is 13.8 Å². The summed E-state index contributed by atoms with van der Waals surface area (Å²) in [6.45, 7) is 6.99. The van der Waals surface area contributed by atoms with Gasteiger partial charge in [-0.2, -0.15) is 0 Å². The molecule has 20 heavy (non-hydrogen) atoms. The van der Waals surface area contributed by atoms with Gasteiger partial charge in [0.2, 0.25) is 5.91 Å². The molecule has 1 aromatic heterocycles. The highest BCUT2D eigenvalue weighted by atomic mass is 16.3. The molecule has 1 atom stereocenters. The van der Waals surface area contributed by atoms with Gasteiger partial charge in [0.25, 0.3) is 0 Å². The van der Waals surface area contributed by atoms with Crippen molar-refractivity contribution in [3.05, 3.63) is 11.9 Å². The van der Waals surface area contributed by atoms with Gasteiger partial charge in [0, 0.05) is 12.1 Å². The summed E-state index contributed by atoms with van der Waals surface area (Å²) in [5.74, 6) is 0.813. The summed E-state index contributed by atoms with van der Waals surface area (Å²) in [6, 6.07) is 0. The van der Waals surface area contributed by atoms with Gasteiger partial charge in [-0.1, -0.05) is 20.8 Å². The summed E-state index contributed by atoms with van der Waals surface area (Å²) in [7, 11) is 0. The molecule has 0 saturated heterocycles. The molecule has 0 bridgehead atoms. The van der Waals surface area contributed by atoms with Crippen molar-refractivity contribution in [2.24, 2.45) is 5.73 Å². The lowest BCUT2D eigenvalue weighted by molar-refractivity contribution is -0.125. The first-order valence-corrected chi connectivity index (χ1v) is 6.77. The van der Waals surface area contributed by atoms with E-state index < -0.39 is 12.0 Å². The normalized spacial score (nSPS) is 12.2. The van der Waals surface area contributed by atoms with E-state index >= 15 is 0 Å². The van der Waals surface area contributed by atoms with Crippen molar-refractivity contribution in [3.8, 4) is 0 Å². The Kier molecular flexibility index (Phi) is 6.17. The van der Waals surface area contributed by atoms with Crippen molar-refractivity contribution in [2.75, 3.05) is 23.7 Å². The van der Waals surface area contributed by atoms with Crippen LogP contribution >= 0.6 is 0 Å². The number of rotatable bonds is 8. The molecule has 0 aliphatic carbocycles. The maximum Gasteiger partial charge on any atom is 0.248 e. The number of aromatic nitrogens is 2. The van der Waals surface area contributed by atoms with Crippen LogP contribution in [-0.4, -0.2) is 40.2 Å². The first-order valence-electron chi connectivity index (χ1n) is 6.77. The van der Waals surface area contributed by atoms with Crippen molar-refractivity contribution < 1.29 is 9.90 Å². The second-order valence-electron chi connectivity index (χ2n) is 4.87. The molecular weight excluding hydrogens is 258 g/mol. The third-order valence-corrected chi connectivity index (χ3v) is 2.79. The number of anilines is 2. The Morgan fingerprint density at radius 1 is 1.35 bits per heavy atom. The van der Waals surface area contributed by atoms with Gasteiger partial charge in [0.15, 0.2) is 0 Å². The summed E-state index contributed by atoms with van der Waals surface area (Å²) in [5.41, 5.74) is 5.95. The van der Waals surface area contributed by atoms with E-state index in [0.717, 1.165) is 24.3 Å². The van der Waals surface area contributed by atoms with Gasteiger partial charge in [0.05, 0.1) is 6.54 Å². The smallest absolute Gasteiger partial charge is 0.248 e. The van der Waals surface area contributed by atoms with Crippen LogP contribution in [0.5, 0.6) is 0 Å². The monoisotopic (exact) mass is 281 g/mol. The van der Waals surface area contributed by atoms with Crippen molar-refractivity contribution in [1.82, 2.24) is 9.97 Å². The minimum absolute atomic E-state index is 0.0271. The summed E-state index contributed by atoms with van der Waals surface area (Å²) >= 11 is 0. The molecule has 0 aliphatic rings. The van der Waals surface area contributed by atoms with E-state index in [4.69, 9.17) is 5.73 Å². The Balaban J connectivity index is 2.91. The van der Waals surface area contributed by atoms with Crippen LogP contribution in [0.15, 0.2) is 6.33 Å². The Bertz CT molecular complexity index is 450. The van der Waals surface area contributed by atoms with E-state index in [1.54, 1.807) is 0 Å². The topological polar surface area (TPSA) is 113 Å². The standard InChI is InChI=1S/C13H23N5O2/c1-4-5-15-12-10(8(2)3)13(18-7-17-12)16-6-9(19)11(14)20/h7-9,19H,4-6H2,1-3H3,(H2,14,20)(H2,15,16,17,18). The van der Waals surface area contributed by atoms with Crippen LogP contribution in [0.1, 0.15) is 38.7 Å². The Hall–Kier alpha value is -1.89. The molecule has 1 aromatic rings. The van der Waals surface area contributed by atoms with Crippen LogP contribution in [0, 0.1) is 0 Å². The molecule has 1 rings (SSSR count). The van der Waals surface area contributed by atoms with E-state index in [1.165, 1.54) is 6.33 Å². The number of carbonyl (C=O) groups is 1. The lowest BCUT2D eigenvalue weighted by Gasteiger charge is -2.18. The van der Waals surface area contributed by atoms with Crippen LogP contribution in [0.25, 0.3) is 0 Å². The number of carbonyl (C=O) groups excluding carboxylic acids is 1. The number of amides is 1. The largest absolute Gasteiger partial charge is 0.381 e. The highest BCUT2D eigenvalue weighted by molar-refractivity contribution is 5.79. The van der Waals surface area contributed by atoms with E-state index in [0.29, 0.717) is 5.82 Å². The van der Waals surface area contributed by atoms with Gasteiger partial charge in [-0.25, -0.2) is 9.97 Å². The summed E-state index contributed by atoms with van der Waals surface area (Å²) in [6.07, 6.45) is 1.20. The molecule has 7 nitrogen and oxygen atoms in total. The van der Waals surface area contributed by atoms with Gasteiger partial charge in [-0.05, 0) is 12.3 Å². The first-order chi connectivity index (χ1) is 9.47. The van der Waals surface area contributed by atoms with Gasteiger partial charge in [-0.15, -0.1) is 0 Å². The predicted octanol–water partition coefficient (Wildman–Crippen LogP) is 0.680. The van der Waals surface area contributed by atoms with Gasteiger partial charge >= 0.3 is 0 Å². The number of nitrogens with zero attached hydrogens (tertiary/aromatic N) is 2. The SMILES string of the molecule is CCCNc1ncnc(NCC(O)C(N)=O)c1C(C)C. The molecule has 0 aromatic carbocycles. The number of aliphatic hydroxyl groups excluding tert-OH is 1. The van der Waals surface area contributed by atoms with Gasteiger partial charge in [-0.3, -0.25) is 4.79 Å². The summed E-state index contributed by atoms with van der Waals surface area (Å²) in [5, 5.41) is 15.6. The minimum atomic E-state index is -1.24. The minimum Gasteiger partial charge on any atom is -0.381 e. The molecule has 0 aliphatic heterocycles. The fourth-order valence-electron chi connectivity index (χ4n) is 1.76. The molecule has 5 N–H and O–H groups in total. The Morgan fingerprint density at radius 3 is 2.45 bits per heavy atom. The lowest BCUT2D eigenvalue weighted by atomic mass is 10.0. The van der Waals surface area contributed by atoms with Gasteiger partial charge in [0.1, 0.15) is 24.1 Å². The maximum atomic E-state index is 10.8. The summed E-state index contributed by atoms with van der Waals surface area (Å²) in [4.78, 5) is 19.3. The number of aliphatic hydroxyl groups is 1. The zero-order valence-electron chi connectivity index (χ0n) is 12.2. The van der Waals surface area contributed by atoms with Crippen LogP contribution < -0.4 is 16.4 Å². The third-order valence-electron chi connectivity index (χ3n) is 2.79. The number of nitrogens with one attached hydrogen (secondary N) is 2. The fraction of sp³-hybridized carbons (Fsp3) is 0.615. The zero-order valence-corrected chi connectivity index (χ0v) is 12.2. The van der Waals surface area contributed by atoms with Crippen LogP contribution in [0.4, 0.5) is 11.6 Å². The van der Waals surface area contributed by atoms with E-state index in [2.05, 4.69) is 27.5 Å². The number of hydrogen-bond donors (Lipinski definition) is 4. The van der Waals surface area contributed by atoms with Crippen molar-refractivity contribution in [1.29, 1.82) is 0 Å². The Labute approximate surface area is 119 Å². The molecule has 0 saturated carbocycles. The highest BCUT2D eigenvalue weighted by Crippen LogP contribution is 2.28. The van der Waals surface area contributed by atoms with E-state index in [-0.39, 0.29) is 12.5 Å². The number of hydrogen-bond acceptors (Lipinski definition) is 6. The number of primary amides is 1. The lowest BCUT2D eigenvalue weighted by Crippen LogP contribution is -2.34. The second-order valence-corrected chi connectivity index (χ2v) is 4.87. The molecular formula is C13H23N5O2. The zero-order chi connectivity index (χ0) is 15.1. The average Bonchev–Trinajstić information content (AvgIpc) is 2.41. The molecule has 0 spiro atoms. The summed E-state index contributed by atoms with van der Waals surface area (Å²) < 4.78 is 0. The Morgan fingerprint density at radius 2 is 1.95 bits per heavy atom. The first kappa shape index (κ1) is 16.2. The molecule has 1 unspecified atom stereocenters. The van der Waals surface area contributed by atoms with Crippen LogP contribution in [0.3, 0.4) is 0 Å². The van der Waals surface area contributed by atoms with E-state index in [9.17, 15) is 9.90 Å². The fourth-order valence-corrected chi connectivity index (χ4v) is 1.76.